The standard InChI is InChI=1S/C25H30N6O3/c1-25(2,3)34-24(33)27-19-10-7-12-30(16-19)23-28-21-20(11-13-29(21)4)22(32)31(23)15-18-9-6-5-8-17(18)14-26/h5-6,8-9,11,13,19H,7,10,12,15-16H2,1-4H3,(H,27,33)/t19-/m1/s1. The van der Waals surface area contributed by atoms with Crippen molar-refractivity contribution in [2.24, 2.45) is 7.05 Å². The summed E-state index contributed by atoms with van der Waals surface area (Å²) < 4.78 is 8.88. The number of carbonyl (C=O) groups excluding carboxylic acids is 1. The van der Waals surface area contributed by atoms with E-state index in [2.05, 4.69) is 11.4 Å². The van der Waals surface area contributed by atoms with Crippen molar-refractivity contribution in [1.29, 1.82) is 5.26 Å². The highest BCUT2D eigenvalue weighted by molar-refractivity contribution is 5.76. The van der Waals surface area contributed by atoms with E-state index < -0.39 is 11.7 Å². The van der Waals surface area contributed by atoms with E-state index in [4.69, 9.17) is 9.72 Å². The van der Waals surface area contributed by atoms with Crippen LogP contribution in [0.15, 0.2) is 41.3 Å². The number of anilines is 1. The van der Waals surface area contributed by atoms with Crippen LogP contribution in [0.1, 0.15) is 44.7 Å². The second kappa shape index (κ2) is 9.21. The molecule has 1 fully saturated rings. The van der Waals surface area contributed by atoms with Crippen molar-refractivity contribution < 1.29 is 9.53 Å². The summed E-state index contributed by atoms with van der Waals surface area (Å²) in [4.78, 5) is 32.8. The van der Waals surface area contributed by atoms with Gasteiger partial charge in [0.05, 0.1) is 23.6 Å². The zero-order valence-corrected chi connectivity index (χ0v) is 20.0. The number of nitrogens with zero attached hydrogens (tertiary/aromatic N) is 5. The van der Waals surface area contributed by atoms with Crippen LogP contribution in [-0.2, 0) is 18.3 Å². The average molecular weight is 463 g/mol. The Kier molecular flexibility index (Phi) is 6.33. The lowest BCUT2D eigenvalue weighted by Gasteiger charge is -2.35. The van der Waals surface area contributed by atoms with Gasteiger partial charge in [-0.05, 0) is 51.3 Å². The molecule has 1 N–H and O–H groups in total. The predicted molar refractivity (Wildman–Crippen MR) is 130 cm³/mol. The van der Waals surface area contributed by atoms with Gasteiger partial charge in [0, 0.05) is 32.4 Å². The minimum absolute atomic E-state index is 0.135. The van der Waals surface area contributed by atoms with Crippen molar-refractivity contribution in [1.82, 2.24) is 19.4 Å². The summed E-state index contributed by atoms with van der Waals surface area (Å²) in [6.45, 7) is 6.93. The number of nitrogens with one attached hydrogen (secondary N) is 1. The van der Waals surface area contributed by atoms with Crippen LogP contribution in [0.4, 0.5) is 10.7 Å². The Morgan fingerprint density at radius 3 is 2.79 bits per heavy atom. The Morgan fingerprint density at radius 2 is 2.06 bits per heavy atom. The number of nitriles is 1. The summed E-state index contributed by atoms with van der Waals surface area (Å²) in [5, 5.41) is 13.0. The van der Waals surface area contributed by atoms with Crippen molar-refractivity contribution in [3.8, 4) is 6.07 Å². The van der Waals surface area contributed by atoms with Gasteiger partial charge in [0.1, 0.15) is 11.2 Å². The number of fused-ring (bicyclic) bond motifs is 1. The van der Waals surface area contributed by atoms with E-state index in [-0.39, 0.29) is 18.1 Å². The van der Waals surface area contributed by atoms with Gasteiger partial charge in [-0.2, -0.15) is 10.2 Å². The van der Waals surface area contributed by atoms with Gasteiger partial charge in [0.2, 0.25) is 5.95 Å². The third-order valence-corrected chi connectivity index (χ3v) is 5.85. The maximum Gasteiger partial charge on any atom is 0.407 e. The first-order valence-electron chi connectivity index (χ1n) is 11.4. The molecule has 1 aliphatic heterocycles. The fourth-order valence-corrected chi connectivity index (χ4v) is 4.29. The van der Waals surface area contributed by atoms with Crippen molar-refractivity contribution >= 4 is 23.1 Å². The molecule has 9 nitrogen and oxygen atoms in total. The molecule has 1 aromatic carbocycles. The third kappa shape index (κ3) is 4.91. The third-order valence-electron chi connectivity index (χ3n) is 5.85. The molecule has 178 valence electrons. The molecule has 0 unspecified atom stereocenters. The van der Waals surface area contributed by atoms with E-state index in [0.29, 0.717) is 35.6 Å². The number of piperidine rings is 1. The van der Waals surface area contributed by atoms with Crippen molar-refractivity contribution in [3.05, 3.63) is 58.0 Å². The number of rotatable bonds is 4. The Labute approximate surface area is 198 Å². The van der Waals surface area contributed by atoms with Gasteiger partial charge in [-0.3, -0.25) is 9.36 Å². The van der Waals surface area contributed by atoms with Gasteiger partial charge in [-0.15, -0.1) is 0 Å². The first-order chi connectivity index (χ1) is 16.2. The molecule has 34 heavy (non-hydrogen) atoms. The number of amides is 1. The van der Waals surface area contributed by atoms with Crippen LogP contribution in [0.3, 0.4) is 0 Å². The maximum atomic E-state index is 13.5. The molecule has 1 aliphatic rings. The van der Waals surface area contributed by atoms with Crippen molar-refractivity contribution in [3.63, 3.8) is 0 Å². The number of aryl methyl sites for hydroxylation is 1. The second-order valence-electron chi connectivity index (χ2n) is 9.67. The summed E-state index contributed by atoms with van der Waals surface area (Å²) in [5.74, 6) is 0.530. The van der Waals surface area contributed by atoms with E-state index in [0.717, 1.165) is 18.4 Å². The number of aromatic nitrogens is 3. The summed E-state index contributed by atoms with van der Waals surface area (Å²) in [6.07, 6.45) is 3.00. The molecule has 9 heteroatoms. The highest BCUT2D eigenvalue weighted by Crippen LogP contribution is 2.22. The van der Waals surface area contributed by atoms with E-state index in [1.807, 2.05) is 61.7 Å². The fourth-order valence-electron chi connectivity index (χ4n) is 4.29. The van der Waals surface area contributed by atoms with E-state index in [9.17, 15) is 14.9 Å². The summed E-state index contributed by atoms with van der Waals surface area (Å²) in [7, 11) is 1.86. The lowest BCUT2D eigenvalue weighted by atomic mass is 10.1. The van der Waals surface area contributed by atoms with Gasteiger partial charge in [0.15, 0.2) is 0 Å². The molecule has 0 bridgehead atoms. The number of hydrogen-bond acceptors (Lipinski definition) is 6. The van der Waals surface area contributed by atoms with Crippen LogP contribution in [0, 0.1) is 11.3 Å². The molecule has 0 radical (unpaired) electrons. The first kappa shape index (κ1) is 23.4. The molecule has 3 heterocycles. The number of alkyl carbamates (subject to hydrolysis) is 1. The molecule has 0 aliphatic carbocycles. The van der Waals surface area contributed by atoms with E-state index >= 15 is 0 Å². The monoisotopic (exact) mass is 462 g/mol. The molecule has 1 amide bonds. The Balaban J connectivity index is 1.70. The van der Waals surface area contributed by atoms with Crippen LogP contribution < -0.4 is 15.8 Å². The summed E-state index contributed by atoms with van der Waals surface area (Å²) in [6, 6.07) is 11.1. The lowest BCUT2D eigenvalue weighted by molar-refractivity contribution is 0.0499. The Hall–Kier alpha value is -3.80. The highest BCUT2D eigenvalue weighted by Gasteiger charge is 2.27. The Morgan fingerprint density at radius 1 is 1.29 bits per heavy atom. The molecule has 4 rings (SSSR count). The topological polar surface area (TPSA) is 105 Å². The van der Waals surface area contributed by atoms with Gasteiger partial charge in [0.25, 0.3) is 5.56 Å². The Bertz CT molecular complexity index is 1310. The molecule has 1 atom stereocenters. The van der Waals surface area contributed by atoms with Crippen LogP contribution in [-0.4, -0.2) is 44.9 Å². The van der Waals surface area contributed by atoms with E-state index in [1.54, 1.807) is 16.7 Å². The van der Waals surface area contributed by atoms with E-state index in [1.165, 1.54) is 0 Å². The highest BCUT2D eigenvalue weighted by atomic mass is 16.6. The molecular formula is C25H30N6O3. The molecule has 0 saturated carbocycles. The quantitative estimate of drug-likeness (QED) is 0.639. The average Bonchev–Trinajstić information content (AvgIpc) is 3.15. The summed E-state index contributed by atoms with van der Waals surface area (Å²) in [5.41, 5.74) is 1.15. The second-order valence-corrected chi connectivity index (χ2v) is 9.67. The smallest absolute Gasteiger partial charge is 0.407 e. The minimum Gasteiger partial charge on any atom is -0.444 e. The number of benzene rings is 1. The SMILES string of the molecule is Cn1ccc2c(=O)n(Cc3ccccc3C#N)c(N3CCC[C@@H](NC(=O)OC(C)(C)C)C3)nc21. The predicted octanol–water partition coefficient (Wildman–Crippen LogP) is 3.15. The van der Waals surface area contributed by atoms with Crippen molar-refractivity contribution in [2.75, 3.05) is 18.0 Å². The van der Waals surface area contributed by atoms with Gasteiger partial charge in [-0.1, -0.05) is 18.2 Å². The normalized spacial score (nSPS) is 16.3. The zero-order valence-electron chi connectivity index (χ0n) is 20.0. The molecular weight excluding hydrogens is 432 g/mol. The maximum absolute atomic E-state index is 13.5. The molecule has 2 aromatic heterocycles. The lowest BCUT2D eigenvalue weighted by Crippen LogP contribution is -2.50. The van der Waals surface area contributed by atoms with Gasteiger partial charge >= 0.3 is 6.09 Å². The molecule has 3 aromatic rings. The number of hydrogen-bond donors (Lipinski definition) is 1. The van der Waals surface area contributed by atoms with Crippen molar-refractivity contribution in [2.45, 2.75) is 51.8 Å². The largest absolute Gasteiger partial charge is 0.444 e. The number of ether oxygens (including phenoxy) is 1. The van der Waals surface area contributed by atoms with Crippen LogP contribution in [0.2, 0.25) is 0 Å². The summed E-state index contributed by atoms with van der Waals surface area (Å²) >= 11 is 0. The minimum atomic E-state index is -0.577. The van der Waals surface area contributed by atoms with Crippen LogP contribution in [0.25, 0.3) is 11.0 Å². The molecule has 1 saturated heterocycles. The first-order valence-corrected chi connectivity index (χ1v) is 11.4. The fraction of sp³-hybridized carbons (Fsp3) is 0.440. The van der Waals surface area contributed by atoms with Crippen LogP contribution >= 0.6 is 0 Å². The number of carbonyl (C=O) groups is 1. The van der Waals surface area contributed by atoms with Gasteiger partial charge in [-0.25, -0.2) is 4.79 Å². The van der Waals surface area contributed by atoms with Crippen LogP contribution in [0.5, 0.6) is 0 Å². The van der Waals surface area contributed by atoms with Gasteiger partial charge < -0.3 is 19.5 Å². The molecule has 0 spiro atoms. The zero-order chi connectivity index (χ0) is 24.5.